The number of fused-ring (bicyclic) bond motifs is 1. The lowest BCUT2D eigenvalue weighted by Crippen LogP contribution is -2.10. The van der Waals surface area contributed by atoms with Crippen molar-refractivity contribution in [2.24, 2.45) is 5.73 Å². The van der Waals surface area contributed by atoms with E-state index in [-0.39, 0.29) is 15.7 Å². The van der Waals surface area contributed by atoms with Crippen molar-refractivity contribution in [1.29, 1.82) is 0 Å². The number of primary amides is 1. The van der Waals surface area contributed by atoms with E-state index in [1.807, 2.05) is 0 Å². The van der Waals surface area contributed by atoms with E-state index in [0.717, 1.165) is 11.3 Å². The monoisotopic (exact) mass is 322 g/mol. The molecule has 1 amide bonds. The van der Waals surface area contributed by atoms with Crippen molar-refractivity contribution in [1.82, 2.24) is 9.97 Å². The van der Waals surface area contributed by atoms with Crippen LogP contribution in [0.1, 0.15) is 9.67 Å². The summed E-state index contributed by atoms with van der Waals surface area (Å²) in [5.74, 6) is -0.632. The van der Waals surface area contributed by atoms with Crippen molar-refractivity contribution in [2.75, 3.05) is 12.0 Å². The van der Waals surface area contributed by atoms with Gasteiger partial charge in [0.15, 0.2) is 0 Å². The number of thiophene rings is 1. The van der Waals surface area contributed by atoms with E-state index in [9.17, 15) is 9.00 Å². The number of carbonyl (C=O) groups excluding carboxylic acids is 1. The van der Waals surface area contributed by atoms with Crippen molar-refractivity contribution in [3.8, 4) is 11.3 Å². The first-order valence-electron chi connectivity index (χ1n) is 5.75. The number of anilines is 1. The van der Waals surface area contributed by atoms with Crippen molar-refractivity contribution in [3.63, 3.8) is 0 Å². The molecule has 7 nitrogen and oxygen atoms in total. The Balaban J connectivity index is 2.42. The number of amides is 1. The van der Waals surface area contributed by atoms with E-state index >= 15 is 0 Å². The molecular formula is C12H10N4O3S2. The Kier molecular flexibility index (Phi) is 3.22. The van der Waals surface area contributed by atoms with Crippen molar-refractivity contribution in [3.05, 3.63) is 23.5 Å². The van der Waals surface area contributed by atoms with Crippen molar-refractivity contribution < 1.29 is 13.4 Å². The van der Waals surface area contributed by atoms with Gasteiger partial charge >= 0.3 is 0 Å². The van der Waals surface area contributed by atoms with E-state index in [4.69, 9.17) is 15.9 Å². The van der Waals surface area contributed by atoms with Gasteiger partial charge in [-0.2, -0.15) is 0 Å². The number of rotatable bonds is 3. The molecular weight excluding hydrogens is 312 g/mol. The molecule has 108 valence electrons. The quantitative estimate of drug-likeness (QED) is 0.701. The lowest BCUT2D eigenvalue weighted by Gasteiger charge is -2.03. The summed E-state index contributed by atoms with van der Waals surface area (Å²) in [5.41, 5.74) is 12.7. The molecule has 0 aliphatic heterocycles. The van der Waals surface area contributed by atoms with Crippen molar-refractivity contribution in [2.45, 2.75) is 5.16 Å². The highest BCUT2D eigenvalue weighted by Crippen LogP contribution is 2.38. The molecule has 3 aromatic rings. The molecule has 1 unspecified atom stereocenters. The minimum Gasteiger partial charge on any atom is -0.472 e. The first-order chi connectivity index (χ1) is 9.99. The Morgan fingerprint density at radius 1 is 1.43 bits per heavy atom. The average Bonchev–Trinajstić information content (AvgIpc) is 3.06. The van der Waals surface area contributed by atoms with Crippen LogP contribution in [-0.2, 0) is 10.8 Å². The minimum absolute atomic E-state index is 0.163. The van der Waals surface area contributed by atoms with E-state index in [1.54, 1.807) is 6.07 Å². The Morgan fingerprint density at radius 3 is 2.76 bits per heavy atom. The molecule has 1 atom stereocenters. The normalized spacial score (nSPS) is 12.6. The predicted octanol–water partition coefficient (Wildman–Crippen LogP) is 1.37. The highest BCUT2D eigenvalue weighted by atomic mass is 32.2. The molecule has 0 fully saturated rings. The van der Waals surface area contributed by atoms with E-state index in [2.05, 4.69) is 9.97 Å². The van der Waals surface area contributed by atoms with Gasteiger partial charge in [-0.25, -0.2) is 9.97 Å². The number of carbonyl (C=O) groups is 1. The van der Waals surface area contributed by atoms with E-state index in [0.29, 0.717) is 21.5 Å². The van der Waals surface area contributed by atoms with Crippen LogP contribution < -0.4 is 11.5 Å². The largest absolute Gasteiger partial charge is 0.472 e. The van der Waals surface area contributed by atoms with Crippen molar-refractivity contribution >= 4 is 43.9 Å². The number of hydrogen-bond acceptors (Lipinski definition) is 7. The second kappa shape index (κ2) is 4.93. The zero-order chi connectivity index (χ0) is 15.1. The highest BCUT2D eigenvalue weighted by Gasteiger charge is 2.21. The first-order valence-corrected chi connectivity index (χ1v) is 8.12. The fourth-order valence-corrected chi connectivity index (χ4v) is 3.37. The predicted molar refractivity (Wildman–Crippen MR) is 80.4 cm³/mol. The summed E-state index contributed by atoms with van der Waals surface area (Å²) in [4.78, 5) is 20.6. The average molecular weight is 322 g/mol. The molecule has 0 spiro atoms. The maximum atomic E-state index is 11.7. The molecule has 0 saturated heterocycles. The summed E-state index contributed by atoms with van der Waals surface area (Å²) in [6.07, 6.45) is 4.46. The summed E-state index contributed by atoms with van der Waals surface area (Å²) in [5, 5.41) is 0.681. The number of nitrogens with two attached hydrogens (primary N) is 2. The van der Waals surface area contributed by atoms with Gasteiger partial charge in [0, 0.05) is 11.8 Å². The maximum Gasteiger partial charge on any atom is 0.260 e. The van der Waals surface area contributed by atoms with Gasteiger partial charge in [0.2, 0.25) is 5.16 Å². The molecule has 0 aliphatic carbocycles. The zero-order valence-corrected chi connectivity index (χ0v) is 12.5. The molecule has 4 N–H and O–H groups in total. The van der Waals surface area contributed by atoms with Gasteiger partial charge in [0.25, 0.3) is 5.91 Å². The molecule has 0 radical (unpaired) electrons. The molecule has 0 saturated carbocycles. The number of aromatic nitrogens is 2. The number of hydrogen-bond donors (Lipinski definition) is 2. The fourth-order valence-electron chi connectivity index (χ4n) is 1.92. The van der Waals surface area contributed by atoms with Gasteiger partial charge in [-0.05, 0) is 6.07 Å². The van der Waals surface area contributed by atoms with Gasteiger partial charge in [-0.1, -0.05) is 0 Å². The van der Waals surface area contributed by atoms with Gasteiger partial charge < -0.3 is 15.9 Å². The van der Waals surface area contributed by atoms with Gasteiger partial charge in [-0.3, -0.25) is 9.00 Å². The van der Waals surface area contributed by atoms with Crippen LogP contribution in [0.5, 0.6) is 0 Å². The molecule has 3 heterocycles. The molecule has 21 heavy (non-hydrogen) atoms. The van der Waals surface area contributed by atoms with Crippen LogP contribution in [-0.4, -0.2) is 26.3 Å². The number of nitrogens with zero attached hydrogens (tertiary/aromatic N) is 2. The van der Waals surface area contributed by atoms with Crippen LogP contribution in [0.15, 0.2) is 28.2 Å². The van der Waals surface area contributed by atoms with Crippen LogP contribution in [0.2, 0.25) is 0 Å². The Morgan fingerprint density at radius 2 is 2.19 bits per heavy atom. The van der Waals surface area contributed by atoms with Crippen LogP contribution >= 0.6 is 11.3 Å². The molecule has 3 aromatic heterocycles. The summed E-state index contributed by atoms with van der Waals surface area (Å²) in [6.45, 7) is 0. The highest BCUT2D eigenvalue weighted by molar-refractivity contribution is 7.84. The SMILES string of the molecule is CS(=O)c1nc(-c2ccoc2)c2c(N)c(C(N)=O)sc2n1. The summed E-state index contributed by atoms with van der Waals surface area (Å²) >= 11 is 1.06. The Bertz CT molecular complexity index is 870. The minimum atomic E-state index is -1.37. The molecule has 3 rings (SSSR count). The van der Waals surface area contributed by atoms with E-state index < -0.39 is 16.7 Å². The summed E-state index contributed by atoms with van der Waals surface area (Å²) in [7, 11) is -1.37. The van der Waals surface area contributed by atoms with E-state index in [1.165, 1.54) is 18.8 Å². The second-order valence-corrected chi connectivity index (χ2v) is 6.48. The lowest BCUT2D eigenvalue weighted by atomic mass is 10.1. The van der Waals surface area contributed by atoms with Crippen LogP contribution in [0.4, 0.5) is 5.69 Å². The topological polar surface area (TPSA) is 125 Å². The standard InChI is InChI=1S/C12H10N4O3S2/c1-21(18)12-15-8(5-2-3-19-4-5)6-7(13)9(10(14)17)20-11(6)16-12/h2-4H,13H2,1H3,(H2,14,17). The molecule has 9 heteroatoms. The zero-order valence-electron chi connectivity index (χ0n) is 10.8. The molecule has 0 bridgehead atoms. The molecule has 0 aliphatic rings. The third-order valence-corrected chi connectivity index (χ3v) is 4.65. The third kappa shape index (κ3) is 2.20. The number of furan rings is 1. The maximum absolute atomic E-state index is 11.7. The molecule has 0 aromatic carbocycles. The third-order valence-electron chi connectivity index (χ3n) is 2.84. The van der Waals surface area contributed by atoms with Gasteiger partial charge in [0.05, 0.1) is 40.1 Å². The van der Waals surface area contributed by atoms with Crippen LogP contribution in [0.25, 0.3) is 21.5 Å². The summed E-state index contributed by atoms with van der Waals surface area (Å²) < 4.78 is 16.7. The van der Waals surface area contributed by atoms with Gasteiger partial charge in [0.1, 0.15) is 9.71 Å². The Hall–Kier alpha value is -2.26. The summed E-state index contributed by atoms with van der Waals surface area (Å²) in [6, 6.07) is 1.70. The number of nitrogen functional groups attached to an aromatic ring is 1. The van der Waals surface area contributed by atoms with Crippen LogP contribution in [0.3, 0.4) is 0 Å². The Labute approximate surface area is 125 Å². The van der Waals surface area contributed by atoms with Crippen LogP contribution in [0, 0.1) is 0 Å². The first kappa shape index (κ1) is 13.7. The fraction of sp³-hybridized carbons (Fsp3) is 0.0833. The van der Waals surface area contributed by atoms with Gasteiger partial charge in [-0.15, -0.1) is 11.3 Å². The smallest absolute Gasteiger partial charge is 0.260 e. The second-order valence-electron chi connectivity index (χ2n) is 4.21. The lowest BCUT2D eigenvalue weighted by molar-refractivity contribution is 0.100.